The van der Waals surface area contributed by atoms with Gasteiger partial charge in [-0.3, -0.25) is 0 Å². The molecular formula is C16H12BrF3O. The summed E-state index contributed by atoms with van der Waals surface area (Å²) in [6.07, 6.45) is -3.20. The van der Waals surface area contributed by atoms with E-state index in [0.717, 1.165) is 28.3 Å². The molecule has 110 valence electrons. The zero-order chi connectivity index (χ0) is 15.0. The highest BCUT2D eigenvalue weighted by Gasteiger charge is 2.31. The number of fused-ring (bicyclic) bond motifs is 1. The van der Waals surface area contributed by atoms with Crippen molar-refractivity contribution in [3.8, 4) is 5.75 Å². The van der Waals surface area contributed by atoms with Crippen molar-refractivity contribution in [3.05, 3.63) is 63.6 Å². The van der Waals surface area contributed by atoms with Crippen LogP contribution in [0.1, 0.15) is 29.2 Å². The molecule has 0 spiro atoms. The van der Waals surface area contributed by atoms with E-state index in [9.17, 15) is 13.2 Å². The van der Waals surface area contributed by atoms with Crippen LogP contribution in [0.3, 0.4) is 0 Å². The van der Waals surface area contributed by atoms with Gasteiger partial charge in [-0.25, -0.2) is 0 Å². The van der Waals surface area contributed by atoms with Crippen LogP contribution in [0.25, 0.3) is 0 Å². The molecule has 0 amide bonds. The number of ether oxygens (including phenoxy) is 1. The molecule has 1 heterocycles. The van der Waals surface area contributed by atoms with Crippen LogP contribution in [-0.2, 0) is 12.6 Å². The van der Waals surface area contributed by atoms with E-state index < -0.39 is 11.7 Å². The van der Waals surface area contributed by atoms with Crippen LogP contribution in [0.2, 0.25) is 0 Å². The summed E-state index contributed by atoms with van der Waals surface area (Å²) in [5, 5.41) is 0. The van der Waals surface area contributed by atoms with E-state index in [4.69, 9.17) is 4.74 Å². The molecule has 0 fully saturated rings. The molecular weight excluding hydrogens is 345 g/mol. The maximum absolute atomic E-state index is 12.8. The molecule has 1 aliphatic heterocycles. The van der Waals surface area contributed by atoms with E-state index in [0.29, 0.717) is 12.0 Å². The quantitative estimate of drug-likeness (QED) is 0.652. The van der Waals surface area contributed by atoms with Crippen LogP contribution in [0.4, 0.5) is 13.2 Å². The number of aryl methyl sites for hydroxylation is 1. The average Bonchev–Trinajstić information content (AvgIpc) is 2.46. The SMILES string of the molecule is FC(F)(F)c1cccc(C2CCc3cc(Br)ccc3O2)c1. The molecule has 3 rings (SSSR count). The Bertz CT molecular complexity index is 667. The second kappa shape index (κ2) is 5.37. The van der Waals surface area contributed by atoms with Crippen molar-refractivity contribution in [2.24, 2.45) is 0 Å². The summed E-state index contributed by atoms with van der Waals surface area (Å²) in [4.78, 5) is 0. The standard InChI is InChI=1S/C16H12BrF3O/c17-13-5-7-15-11(9-13)4-6-14(21-15)10-2-1-3-12(8-10)16(18,19)20/h1-3,5,7-9,14H,4,6H2. The third kappa shape index (κ3) is 3.07. The Morgan fingerprint density at radius 1 is 1.10 bits per heavy atom. The molecule has 2 aromatic carbocycles. The Labute approximate surface area is 128 Å². The minimum atomic E-state index is -4.33. The van der Waals surface area contributed by atoms with Gasteiger partial charge in [-0.1, -0.05) is 28.1 Å². The highest BCUT2D eigenvalue weighted by Crippen LogP contribution is 2.38. The van der Waals surface area contributed by atoms with Gasteiger partial charge in [0.2, 0.25) is 0 Å². The van der Waals surface area contributed by atoms with Crippen molar-refractivity contribution in [1.29, 1.82) is 0 Å². The molecule has 0 N–H and O–H groups in total. The predicted octanol–water partition coefficient (Wildman–Crippen LogP) is 5.53. The van der Waals surface area contributed by atoms with Crippen molar-refractivity contribution in [2.75, 3.05) is 0 Å². The number of hydrogen-bond acceptors (Lipinski definition) is 1. The van der Waals surface area contributed by atoms with Gasteiger partial charge in [-0.2, -0.15) is 13.2 Å². The first-order chi connectivity index (χ1) is 9.93. The van der Waals surface area contributed by atoms with E-state index in [1.807, 2.05) is 18.2 Å². The summed E-state index contributed by atoms with van der Waals surface area (Å²) in [7, 11) is 0. The van der Waals surface area contributed by atoms with Crippen molar-refractivity contribution in [1.82, 2.24) is 0 Å². The Hall–Kier alpha value is -1.49. The van der Waals surface area contributed by atoms with Crippen LogP contribution in [0, 0.1) is 0 Å². The number of hydrogen-bond donors (Lipinski definition) is 0. The summed E-state index contributed by atoms with van der Waals surface area (Å²) in [5.41, 5.74) is 1.01. The molecule has 0 radical (unpaired) electrons. The summed E-state index contributed by atoms with van der Waals surface area (Å²) >= 11 is 3.40. The lowest BCUT2D eigenvalue weighted by Gasteiger charge is -2.27. The molecule has 0 aliphatic carbocycles. The van der Waals surface area contributed by atoms with Gasteiger partial charge >= 0.3 is 6.18 Å². The van der Waals surface area contributed by atoms with Crippen LogP contribution in [0.15, 0.2) is 46.9 Å². The van der Waals surface area contributed by atoms with Gasteiger partial charge in [0.25, 0.3) is 0 Å². The number of alkyl halides is 3. The summed E-state index contributed by atoms with van der Waals surface area (Å²) in [5.74, 6) is 0.742. The summed E-state index contributed by atoms with van der Waals surface area (Å²) in [6.45, 7) is 0. The Balaban J connectivity index is 1.88. The highest BCUT2D eigenvalue weighted by molar-refractivity contribution is 9.10. The average molecular weight is 357 g/mol. The number of rotatable bonds is 1. The lowest BCUT2D eigenvalue weighted by molar-refractivity contribution is -0.137. The van der Waals surface area contributed by atoms with E-state index in [2.05, 4.69) is 15.9 Å². The number of benzene rings is 2. The van der Waals surface area contributed by atoms with E-state index >= 15 is 0 Å². The maximum Gasteiger partial charge on any atom is 0.416 e. The number of halogens is 4. The molecule has 1 unspecified atom stereocenters. The van der Waals surface area contributed by atoms with Crippen molar-refractivity contribution in [2.45, 2.75) is 25.1 Å². The molecule has 5 heteroatoms. The molecule has 1 aliphatic rings. The minimum Gasteiger partial charge on any atom is -0.485 e. The first-order valence-electron chi connectivity index (χ1n) is 6.56. The lowest BCUT2D eigenvalue weighted by Crippen LogP contribution is -2.16. The van der Waals surface area contributed by atoms with Gasteiger partial charge in [-0.05, 0) is 54.3 Å². The fraction of sp³-hybridized carbons (Fsp3) is 0.250. The Kier molecular flexibility index (Phi) is 3.69. The Morgan fingerprint density at radius 3 is 2.67 bits per heavy atom. The molecule has 0 bridgehead atoms. The zero-order valence-electron chi connectivity index (χ0n) is 11.0. The van der Waals surface area contributed by atoms with Crippen molar-refractivity contribution < 1.29 is 17.9 Å². The van der Waals surface area contributed by atoms with Crippen LogP contribution >= 0.6 is 15.9 Å². The second-order valence-corrected chi connectivity index (χ2v) is 5.94. The van der Waals surface area contributed by atoms with Crippen LogP contribution in [-0.4, -0.2) is 0 Å². The molecule has 0 saturated carbocycles. The van der Waals surface area contributed by atoms with E-state index in [1.54, 1.807) is 6.07 Å². The first kappa shape index (κ1) is 14.4. The first-order valence-corrected chi connectivity index (χ1v) is 7.35. The van der Waals surface area contributed by atoms with Gasteiger partial charge in [0.15, 0.2) is 0 Å². The molecule has 1 atom stereocenters. The monoisotopic (exact) mass is 356 g/mol. The van der Waals surface area contributed by atoms with Gasteiger partial charge in [-0.15, -0.1) is 0 Å². The summed E-state index contributed by atoms with van der Waals surface area (Å²) < 4.78 is 45.1. The van der Waals surface area contributed by atoms with Gasteiger partial charge < -0.3 is 4.74 Å². The van der Waals surface area contributed by atoms with Crippen LogP contribution < -0.4 is 4.74 Å². The molecule has 1 nitrogen and oxygen atoms in total. The fourth-order valence-electron chi connectivity index (χ4n) is 2.51. The molecule has 21 heavy (non-hydrogen) atoms. The topological polar surface area (TPSA) is 9.23 Å². The van der Waals surface area contributed by atoms with Crippen molar-refractivity contribution in [3.63, 3.8) is 0 Å². The summed E-state index contributed by atoms with van der Waals surface area (Å²) in [6, 6.07) is 11.1. The third-order valence-corrected chi connectivity index (χ3v) is 4.05. The zero-order valence-corrected chi connectivity index (χ0v) is 12.5. The van der Waals surface area contributed by atoms with Gasteiger partial charge in [0, 0.05) is 4.47 Å². The second-order valence-electron chi connectivity index (χ2n) is 5.02. The third-order valence-electron chi connectivity index (χ3n) is 3.55. The smallest absolute Gasteiger partial charge is 0.416 e. The van der Waals surface area contributed by atoms with Gasteiger partial charge in [0.05, 0.1) is 5.56 Å². The Morgan fingerprint density at radius 2 is 1.90 bits per heavy atom. The predicted molar refractivity (Wildman–Crippen MR) is 77.3 cm³/mol. The molecule has 0 aromatic heterocycles. The van der Waals surface area contributed by atoms with Crippen LogP contribution in [0.5, 0.6) is 5.75 Å². The molecule has 2 aromatic rings. The van der Waals surface area contributed by atoms with E-state index in [1.165, 1.54) is 12.1 Å². The largest absolute Gasteiger partial charge is 0.485 e. The maximum atomic E-state index is 12.8. The highest BCUT2D eigenvalue weighted by atomic mass is 79.9. The lowest BCUT2D eigenvalue weighted by atomic mass is 9.96. The molecule has 0 saturated heterocycles. The van der Waals surface area contributed by atoms with Crippen molar-refractivity contribution >= 4 is 15.9 Å². The van der Waals surface area contributed by atoms with Gasteiger partial charge in [0.1, 0.15) is 11.9 Å². The fourth-order valence-corrected chi connectivity index (χ4v) is 2.92. The minimum absolute atomic E-state index is 0.332. The normalized spacial score (nSPS) is 18.0. The van der Waals surface area contributed by atoms with E-state index in [-0.39, 0.29) is 6.10 Å².